The number of nitrogens with zero attached hydrogens (tertiary/aromatic N) is 3. The molecule has 3 rings (SSSR count). The summed E-state index contributed by atoms with van der Waals surface area (Å²) < 4.78 is 11.1. The van der Waals surface area contributed by atoms with Crippen LogP contribution in [0.15, 0.2) is 44.2 Å². The quantitative estimate of drug-likeness (QED) is 0.350. The van der Waals surface area contributed by atoms with Crippen molar-refractivity contribution >= 4 is 29.4 Å². The van der Waals surface area contributed by atoms with Gasteiger partial charge >= 0.3 is 0 Å². The monoisotopic (exact) mass is 369 g/mol. The van der Waals surface area contributed by atoms with E-state index in [0.717, 1.165) is 5.56 Å². The SMILES string of the molecule is Cc1oc(N=Cc2ccc(-c3ccc([N+](=O)[O-])cc3Cl)o2)c(C#N)c1C. The van der Waals surface area contributed by atoms with E-state index >= 15 is 0 Å². The number of nitriles is 1. The summed E-state index contributed by atoms with van der Waals surface area (Å²) >= 11 is 6.10. The molecule has 7 nitrogen and oxygen atoms in total. The van der Waals surface area contributed by atoms with Gasteiger partial charge in [-0.3, -0.25) is 10.1 Å². The van der Waals surface area contributed by atoms with Crippen molar-refractivity contribution in [2.75, 3.05) is 0 Å². The summed E-state index contributed by atoms with van der Waals surface area (Å²) in [7, 11) is 0. The predicted molar refractivity (Wildman–Crippen MR) is 96.0 cm³/mol. The molecule has 2 heterocycles. The number of rotatable bonds is 4. The fourth-order valence-corrected chi connectivity index (χ4v) is 2.61. The summed E-state index contributed by atoms with van der Waals surface area (Å²) in [6.07, 6.45) is 1.43. The van der Waals surface area contributed by atoms with Crippen molar-refractivity contribution in [3.05, 3.63) is 68.1 Å². The Hall–Kier alpha value is -3.37. The van der Waals surface area contributed by atoms with Crippen LogP contribution >= 0.6 is 11.6 Å². The second kappa shape index (κ2) is 6.86. The zero-order valence-corrected chi connectivity index (χ0v) is 14.6. The predicted octanol–water partition coefficient (Wildman–Crippen LogP) is 5.34. The highest BCUT2D eigenvalue weighted by atomic mass is 35.5. The van der Waals surface area contributed by atoms with Crippen molar-refractivity contribution in [1.82, 2.24) is 0 Å². The molecule has 26 heavy (non-hydrogen) atoms. The Labute approximate surface area is 153 Å². The first-order valence-corrected chi connectivity index (χ1v) is 7.87. The maximum absolute atomic E-state index is 10.8. The van der Waals surface area contributed by atoms with Gasteiger partial charge in [-0.25, -0.2) is 4.99 Å². The minimum atomic E-state index is -0.518. The summed E-state index contributed by atoms with van der Waals surface area (Å²) in [5.74, 6) is 1.71. The third kappa shape index (κ3) is 3.23. The van der Waals surface area contributed by atoms with E-state index in [1.807, 2.05) is 0 Å². The number of aryl methyl sites for hydroxylation is 1. The first-order valence-electron chi connectivity index (χ1n) is 7.49. The van der Waals surface area contributed by atoms with E-state index in [1.54, 1.807) is 26.0 Å². The molecule has 0 amide bonds. The Balaban J connectivity index is 1.88. The highest BCUT2D eigenvalue weighted by Crippen LogP contribution is 2.32. The Morgan fingerprint density at radius 1 is 1.27 bits per heavy atom. The van der Waals surface area contributed by atoms with Crippen LogP contribution in [0.25, 0.3) is 11.3 Å². The largest absolute Gasteiger partial charge is 0.455 e. The molecule has 2 aromatic heterocycles. The van der Waals surface area contributed by atoms with Crippen molar-refractivity contribution in [3.63, 3.8) is 0 Å². The lowest BCUT2D eigenvalue weighted by molar-refractivity contribution is -0.384. The molecule has 0 aliphatic carbocycles. The lowest BCUT2D eigenvalue weighted by atomic mass is 10.1. The highest BCUT2D eigenvalue weighted by Gasteiger charge is 2.15. The Morgan fingerprint density at radius 3 is 2.69 bits per heavy atom. The number of hydrogen-bond donors (Lipinski definition) is 0. The standard InChI is InChI=1S/C18H12ClN3O4/c1-10-11(2)25-18(15(10)8-20)21-9-13-4-6-17(26-13)14-5-3-12(22(23)24)7-16(14)19/h3-7,9H,1-2H3. The van der Waals surface area contributed by atoms with Crippen molar-refractivity contribution in [3.8, 4) is 17.4 Å². The fourth-order valence-electron chi connectivity index (χ4n) is 2.34. The number of nitro groups is 1. The molecular formula is C18H12ClN3O4. The van der Waals surface area contributed by atoms with E-state index in [2.05, 4.69) is 11.1 Å². The van der Waals surface area contributed by atoms with Gasteiger partial charge in [-0.1, -0.05) is 11.6 Å². The van der Waals surface area contributed by atoms with Crippen LogP contribution in [-0.2, 0) is 0 Å². The summed E-state index contributed by atoms with van der Waals surface area (Å²) in [4.78, 5) is 14.4. The Morgan fingerprint density at radius 2 is 2.04 bits per heavy atom. The van der Waals surface area contributed by atoms with Crippen LogP contribution in [0.1, 0.15) is 22.6 Å². The normalized spacial score (nSPS) is 11.0. The van der Waals surface area contributed by atoms with Crippen LogP contribution < -0.4 is 0 Å². The van der Waals surface area contributed by atoms with Gasteiger partial charge in [-0.05, 0) is 32.0 Å². The van der Waals surface area contributed by atoms with Crippen LogP contribution in [0.3, 0.4) is 0 Å². The Bertz CT molecular complexity index is 1070. The van der Waals surface area contributed by atoms with Crippen molar-refractivity contribution < 1.29 is 13.8 Å². The second-order valence-corrected chi connectivity index (χ2v) is 5.86. The number of non-ortho nitro benzene ring substituents is 1. The molecule has 8 heteroatoms. The van der Waals surface area contributed by atoms with E-state index in [0.29, 0.717) is 28.4 Å². The molecule has 0 spiro atoms. The number of halogens is 1. The lowest BCUT2D eigenvalue weighted by Crippen LogP contribution is -1.88. The second-order valence-electron chi connectivity index (χ2n) is 5.46. The molecule has 0 radical (unpaired) electrons. The Kier molecular flexibility index (Phi) is 4.61. The minimum absolute atomic E-state index is 0.0975. The molecule has 0 N–H and O–H groups in total. The summed E-state index contributed by atoms with van der Waals surface area (Å²) in [5, 5.41) is 20.2. The van der Waals surface area contributed by atoms with Crippen LogP contribution in [-0.4, -0.2) is 11.1 Å². The van der Waals surface area contributed by atoms with Crippen molar-refractivity contribution in [2.24, 2.45) is 4.99 Å². The summed E-state index contributed by atoms with van der Waals surface area (Å²) in [6, 6.07) is 9.55. The molecular weight excluding hydrogens is 358 g/mol. The topological polar surface area (TPSA) is 106 Å². The van der Waals surface area contributed by atoms with E-state index in [-0.39, 0.29) is 16.6 Å². The van der Waals surface area contributed by atoms with Gasteiger partial charge in [0.15, 0.2) is 0 Å². The van der Waals surface area contributed by atoms with Gasteiger partial charge in [0.2, 0.25) is 5.88 Å². The van der Waals surface area contributed by atoms with Gasteiger partial charge in [0.1, 0.15) is 28.9 Å². The molecule has 130 valence electrons. The molecule has 0 unspecified atom stereocenters. The molecule has 0 aliphatic rings. The molecule has 0 saturated carbocycles. The van der Waals surface area contributed by atoms with Gasteiger partial charge in [0.25, 0.3) is 5.69 Å². The van der Waals surface area contributed by atoms with Gasteiger partial charge in [0, 0.05) is 23.3 Å². The van der Waals surface area contributed by atoms with Crippen molar-refractivity contribution in [1.29, 1.82) is 5.26 Å². The maximum atomic E-state index is 10.8. The molecule has 0 saturated heterocycles. The van der Waals surface area contributed by atoms with E-state index in [9.17, 15) is 15.4 Å². The molecule has 0 aliphatic heterocycles. The van der Waals surface area contributed by atoms with Crippen molar-refractivity contribution in [2.45, 2.75) is 13.8 Å². The zero-order chi connectivity index (χ0) is 18.8. The zero-order valence-electron chi connectivity index (χ0n) is 13.8. The molecule has 1 aromatic carbocycles. The van der Waals surface area contributed by atoms with Gasteiger partial charge in [-0.2, -0.15) is 5.26 Å². The first kappa shape index (κ1) is 17.5. The highest BCUT2D eigenvalue weighted by molar-refractivity contribution is 6.33. The lowest BCUT2D eigenvalue weighted by Gasteiger charge is -2.00. The molecule has 3 aromatic rings. The smallest absolute Gasteiger partial charge is 0.270 e. The van der Waals surface area contributed by atoms with Crippen LogP contribution in [0.4, 0.5) is 11.6 Å². The molecule has 0 fully saturated rings. The van der Waals surface area contributed by atoms with E-state index in [4.69, 9.17) is 20.4 Å². The molecule has 0 atom stereocenters. The fraction of sp³-hybridized carbons (Fsp3) is 0.111. The third-order valence-corrected chi connectivity index (χ3v) is 4.16. The summed E-state index contributed by atoms with van der Waals surface area (Å²) in [5.41, 5.74) is 1.56. The summed E-state index contributed by atoms with van der Waals surface area (Å²) in [6.45, 7) is 3.55. The number of nitro benzene ring substituents is 1. The number of hydrogen-bond acceptors (Lipinski definition) is 6. The number of furan rings is 2. The minimum Gasteiger partial charge on any atom is -0.455 e. The van der Waals surface area contributed by atoms with Gasteiger partial charge in [0.05, 0.1) is 16.2 Å². The third-order valence-electron chi connectivity index (χ3n) is 3.84. The number of aliphatic imine (C=N–C) groups is 1. The molecule has 0 bridgehead atoms. The van der Waals surface area contributed by atoms with Crippen LogP contribution in [0.2, 0.25) is 5.02 Å². The van der Waals surface area contributed by atoms with E-state index < -0.39 is 4.92 Å². The number of benzene rings is 1. The van der Waals surface area contributed by atoms with Gasteiger partial charge < -0.3 is 8.83 Å². The van der Waals surface area contributed by atoms with Gasteiger partial charge in [-0.15, -0.1) is 0 Å². The average Bonchev–Trinajstić information content (AvgIpc) is 3.18. The average molecular weight is 370 g/mol. The van der Waals surface area contributed by atoms with Crippen LogP contribution in [0, 0.1) is 35.3 Å². The van der Waals surface area contributed by atoms with Crippen LogP contribution in [0.5, 0.6) is 0 Å². The first-order chi connectivity index (χ1) is 12.4. The van der Waals surface area contributed by atoms with E-state index in [1.165, 1.54) is 24.4 Å². The maximum Gasteiger partial charge on any atom is 0.270 e.